The minimum absolute atomic E-state index is 0.674. The van der Waals surface area contributed by atoms with Gasteiger partial charge in [0.05, 0.1) is 12.2 Å². The second kappa shape index (κ2) is 6.75. The summed E-state index contributed by atoms with van der Waals surface area (Å²) in [7, 11) is 0. The normalized spacial score (nSPS) is 21.1. The van der Waals surface area contributed by atoms with Crippen LogP contribution in [0.5, 0.6) is 0 Å². The maximum absolute atomic E-state index is 4.80. The van der Waals surface area contributed by atoms with Crippen LogP contribution in [-0.4, -0.2) is 16.3 Å². The van der Waals surface area contributed by atoms with Crippen molar-refractivity contribution < 1.29 is 0 Å². The van der Waals surface area contributed by atoms with E-state index in [1.807, 2.05) is 0 Å². The minimum atomic E-state index is 0.674. The molecule has 1 aromatic heterocycles. The summed E-state index contributed by atoms with van der Waals surface area (Å²) < 4.78 is 2.42. The Morgan fingerprint density at radius 1 is 1.15 bits per heavy atom. The highest BCUT2D eigenvalue weighted by Crippen LogP contribution is 2.43. The maximum Gasteiger partial charge on any atom is 0.0537 e. The summed E-state index contributed by atoms with van der Waals surface area (Å²) in [6, 6.07) is 0.674. The number of aromatic nitrogens is 2. The highest BCUT2D eigenvalue weighted by molar-refractivity contribution is 5.26. The molecule has 1 aromatic rings. The van der Waals surface area contributed by atoms with Gasteiger partial charge in [0, 0.05) is 23.7 Å². The van der Waals surface area contributed by atoms with Gasteiger partial charge in [-0.2, -0.15) is 5.10 Å². The van der Waals surface area contributed by atoms with Crippen molar-refractivity contribution in [1.82, 2.24) is 15.1 Å². The standard InChI is InChI=1S/C17H29N3/c1-2-11-18-12-15-13-19-20(17(15)14-9-10-14)16-7-5-3-4-6-8-16/h13-14,16,18H,2-12H2,1H3. The van der Waals surface area contributed by atoms with Crippen LogP contribution in [-0.2, 0) is 6.54 Å². The lowest BCUT2D eigenvalue weighted by Gasteiger charge is -2.19. The molecule has 2 fully saturated rings. The van der Waals surface area contributed by atoms with E-state index in [1.165, 1.54) is 63.4 Å². The van der Waals surface area contributed by atoms with Crippen LogP contribution in [0.2, 0.25) is 0 Å². The van der Waals surface area contributed by atoms with Crippen LogP contribution in [0.4, 0.5) is 0 Å². The van der Waals surface area contributed by atoms with Gasteiger partial charge in [-0.25, -0.2) is 0 Å². The highest BCUT2D eigenvalue weighted by Gasteiger charge is 2.32. The largest absolute Gasteiger partial charge is 0.313 e. The SMILES string of the molecule is CCCNCc1cnn(C2CCCCCC2)c1C1CC1. The van der Waals surface area contributed by atoms with E-state index in [9.17, 15) is 0 Å². The molecule has 0 spiro atoms. The molecule has 0 atom stereocenters. The maximum atomic E-state index is 4.80. The number of hydrogen-bond acceptors (Lipinski definition) is 2. The van der Waals surface area contributed by atoms with Crippen molar-refractivity contribution in [3.63, 3.8) is 0 Å². The molecular formula is C17H29N3. The quantitative estimate of drug-likeness (QED) is 0.624. The highest BCUT2D eigenvalue weighted by atomic mass is 15.3. The predicted molar refractivity (Wildman–Crippen MR) is 82.9 cm³/mol. The lowest BCUT2D eigenvalue weighted by molar-refractivity contribution is 0.392. The summed E-state index contributed by atoms with van der Waals surface area (Å²) in [6.07, 6.45) is 14.4. The van der Waals surface area contributed by atoms with Gasteiger partial charge in [-0.1, -0.05) is 32.6 Å². The molecule has 112 valence electrons. The monoisotopic (exact) mass is 275 g/mol. The molecule has 3 nitrogen and oxygen atoms in total. The third kappa shape index (κ3) is 3.25. The van der Waals surface area contributed by atoms with Crippen LogP contribution in [0.1, 0.15) is 87.9 Å². The zero-order valence-corrected chi connectivity index (χ0v) is 12.9. The average molecular weight is 275 g/mol. The van der Waals surface area contributed by atoms with Crippen molar-refractivity contribution in [3.05, 3.63) is 17.5 Å². The van der Waals surface area contributed by atoms with Gasteiger partial charge in [-0.3, -0.25) is 4.68 Å². The van der Waals surface area contributed by atoms with Gasteiger partial charge in [-0.05, 0) is 38.6 Å². The van der Waals surface area contributed by atoms with E-state index in [2.05, 4.69) is 23.1 Å². The lowest BCUT2D eigenvalue weighted by Crippen LogP contribution is -2.17. The van der Waals surface area contributed by atoms with Gasteiger partial charge in [0.15, 0.2) is 0 Å². The van der Waals surface area contributed by atoms with E-state index in [4.69, 9.17) is 5.10 Å². The molecule has 0 aromatic carbocycles. The Morgan fingerprint density at radius 2 is 1.90 bits per heavy atom. The molecule has 0 unspecified atom stereocenters. The van der Waals surface area contributed by atoms with Crippen molar-refractivity contribution in [3.8, 4) is 0 Å². The molecule has 2 aliphatic rings. The molecule has 0 bridgehead atoms. The van der Waals surface area contributed by atoms with Crippen LogP contribution in [0.25, 0.3) is 0 Å². The fourth-order valence-corrected chi connectivity index (χ4v) is 3.54. The number of nitrogens with one attached hydrogen (secondary N) is 1. The Hall–Kier alpha value is -0.830. The van der Waals surface area contributed by atoms with E-state index in [0.29, 0.717) is 6.04 Å². The van der Waals surface area contributed by atoms with Crippen molar-refractivity contribution in [2.24, 2.45) is 0 Å². The molecule has 0 amide bonds. The van der Waals surface area contributed by atoms with E-state index < -0.39 is 0 Å². The molecule has 2 aliphatic carbocycles. The smallest absolute Gasteiger partial charge is 0.0537 e. The molecule has 3 rings (SSSR count). The summed E-state index contributed by atoms with van der Waals surface area (Å²) >= 11 is 0. The van der Waals surface area contributed by atoms with Crippen LogP contribution in [0, 0.1) is 0 Å². The van der Waals surface area contributed by atoms with Gasteiger partial charge in [0.2, 0.25) is 0 Å². The molecule has 1 N–H and O–H groups in total. The molecule has 0 saturated heterocycles. The van der Waals surface area contributed by atoms with Crippen molar-refractivity contribution >= 4 is 0 Å². The number of nitrogens with zero attached hydrogens (tertiary/aromatic N) is 2. The lowest BCUT2D eigenvalue weighted by atomic mass is 10.1. The van der Waals surface area contributed by atoms with Gasteiger partial charge < -0.3 is 5.32 Å². The van der Waals surface area contributed by atoms with E-state index in [1.54, 1.807) is 5.69 Å². The van der Waals surface area contributed by atoms with Gasteiger partial charge >= 0.3 is 0 Å². The van der Waals surface area contributed by atoms with Crippen molar-refractivity contribution in [1.29, 1.82) is 0 Å². The summed E-state index contributed by atoms with van der Waals surface area (Å²) in [5.41, 5.74) is 3.03. The molecular weight excluding hydrogens is 246 g/mol. The third-order valence-electron chi connectivity index (χ3n) is 4.79. The molecule has 2 saturated carbocycles. The fourth-order valence-electron chi connectivity index (χ4n) is 3.54. The first kappa shape index (κ1) is 14.1. The Labute approximate surface area is 123 Å². The molecule has 0 aliphatic heterocycles. The molecule has 20 heavy (non-hydrogen) atoms. The molecule has 0 radical (unpaired) electrons. The van der Waals surface area contributed by atoms with Crippen LogP contribution >= 0.6 is 0 Å². The third-order valence-corrected chi connectivity index (χ3v) is 4.79. The minimum Gasteiger partial charge on any atom is -0.313 e. The Bertz CT molecular complexity index is 412. The predicted octanol–water partition coefficient (Wildman–Crippen LogP) is 4.16. The van der Waals surface area contributed by atoms with Crippen molar-refractivity contribution in [2.75, 3.05) is 6.54 Å². The Balaban J connectivity index is 1.75. The Kier molecular flexibility index (Phi) is 4.77. The first-order chi connectivity index (χ1) is 9.90. The van der Waals surface area contributed by atoms with Crippen LogP contribution in [0.3, 0.4) is 0 Å². The summed E-state index contributed by atoms with van der Waals surface area (Å²) in [6.45, 7) is 4.34. The second-order valence-electron chi connectivity index (χ2n) is 6.60. The zero-order chi connectivity index (χ0) is 13.8. The zero-order valence-electron chi connectivity index (χ0n) is 12.9. The van der Waals surface area contributed by atoms with Crippen LogP contribution < -0.4 is 5.32 Å². The fraction of sp³-hybridized carbons (Fsp3) is 0.824. The van der Waals surface area contributed by atoms with Gasteiger partial charge in [0.1, 0.15) is 0 Å². The summed E-state index contributed by atoms with van der Waals surface area (Å²) in [5, 5.41) is 8.35. The topological polar surface area (TPSA) is 29.9 Å². The summed E-state index contributed by atoms with van der Waals surface area (Å²) in [5.74, 6) is 0.805. The molecule has 1 heterocycles. The van der Waals surface area contributed by atoms with Crippen molar-refractivity contribution in [2.45, 2.75) is 83.2 Å². The van der Waals surface area contributed by atoms with E-state index >= 15 is 0 Å². The number of hydrogen-bond donors (Lipinski definition) is 1. The summed E-state index contributed by atoms with van der Waals surface area (Å²) in [4.78, 5) is 0. The number of rotatable bonds is 6. The van der Waals surface area contributed by atoms with Gasteiger partial charge in [0.25, 0.3) is 0 Å². The Morgan fingerprint density at radius 3 is 2.55 bits per heavy atom. The van der Waals surface area contributed by atoms with E-state index in [-0.39, 0.29) is 0 Å². The second-order valence-corrected chi connectivity index (χ2v) is 6.60. The molecule has 3 heteroatoms. The van der Waals surface area contributed by atoms with E-state index in [0.717, 1.165) is 19.0 Å². The van der Waals surface area contributed by atoms with Gasteiger partial charge in [-0.15, -0.1) is 0 Å². The first-order valence-corrected chi connectivity index (χ1v) is 8.67. The first-order valence-electron chi connectivity index (χ1n) is 8.67. The van der Waals surface area contributed by atoms with Crippen LogP contribution in [0.15, 0.2) is 6.20 Å². The average Bonchev–Trinajstić information content (AvgIpc) is 3.25.